The standard InChI is InChI=1S/C28H22F3N3O6S/c1-15-9-16(2)25(17(3)10-15)32-24(35)14-33-26(36)23(41-27(33)37)12-18-5-4-6-20(11-18)40-22-8-7-19(28(29,30)31)13-21(22)34(38)39/h4-13H,14H2,1-3H3,(H,32,35)/b23-12+. The number of halogens is 3. The highest BCUT2D eigenvalue weighted by Gasteiger charge is 2.36. The number of thioether (sulfide) groups is 1. The number of carbonyl (C=O) groups excluding carboxylic acids is 3. The maximum Gasteiger partial charge on any atom is 0.416 e. The summed E-state index contributed by atoms with van der Waals surface area (Å²) in [5.74, 6) is -1.59. The Morgan fingerprint density at radius 3 is 2.39 bits per heavy atom. The summed E-state index contributed by atoms with van der Waals surface area (Å²) < 4.78 is 44.5. The summed E-state index contributed by atoms with van der Waals surface area (Å²) in [6.45, 7) is 5.12. The first-order valence-electron chi connectivity index (χ1n) is 12.0. The van der Waals surface area contributed by atoms with E-state index in [0.29, 0.717) is 35.1 Å². The van der Waals surface area contributed by atoms with Crippen molar-refractivity contribution in [2.45, 2.75) is 26.9 Å². The fourth-order valence-corrected chi connectivity index (χ4v) is 5.04. The van der Waals surface area contributed by atoms with E-state index in [4.69, 9.17) is 4.74 Å². The summed E-state index contributed by atoms with van der Waals surface area (Å²) in [4.78, 5) is 49.4. The van der Waals surface area contributed by atoms with Gasteiger partial charge in [0.1, 0.15) is 12.3 Å². The van der Waals surface area contributed by atoms with E-state index >= 15 is 0 Å². The number of aryl methyl sites for hydroxylation is 3. The van der Waals surface area contributed by atoms with Crippen LogP contribution in [0, 0.1) is 30.9 Å². The lowest BCUT2D eigenvalue weighted by Gasteiger charge is -2.15. The molecule has 1 aliphatic rings. The summed E-state index contributed by atoms with van der Waals surface area (Å²) in [7, 11) is 0. The van der Waals surface area contributed by atoms with Gasteiger partial charge in [0.25, 0.3) is 11.1 Å². The van der Waals surface area contributed by atoms with Crippen molar-refractivity contribution in [2.75, 3.05) is 11.9 Å². The highest BCUT2D eigenvalue weighted by Crippen LogP contribution is 2.38. The van der Waals surface area contributed by atoms with Crippen LogP contribution >= 0.6 is 11.8 Å². The van der Waals surface area contributed by atoms with Crippen molar-refractivity contribution in [1.82, 2.24) is 4.90 Å². The molecule has 3 aromatic rings. The van der Waals surface area contributed by atoms with E-state index in [0.717, 1.165) is 27.7 Å². The van der Waals surface area contributed by atoms with Gasteiger partial charge in [-0.15, -0.1) is 0 Å². The Labute approximate surface area is 236 Å². The van der Waals surface area contributed by atoms with Gasteiger partial charge in [0, 0.05) is 11.8 Å². The van der Waals surface area contributed by atoms with E-state index in [1.54, 1.807) is 6.07 Å². The van der Waals surface area contributed by atoms with Gasteiger partial charge in [-0.2, -0.15) is 13.2 Å². The highest BCUT2D eigenvalue weighted by atomic mass is 32.2. The van der Waals surface area contributed by atoms with Gasteiger partial charge in [0.2, 0.25) is 11.7 Å². The van der Waals surface area contributed by atoms with Crippen molar-refractivity contribution in [3.63, 3.8) is 0 Å². The molecule has 3 amide bonds. The quantitative estimate of drug-likeness (QED) is 0.180. The third-order valence-electron chi connectivity index (χ3n) is 5.98. The van der Waals surface area contributed by atoms with Crippen molar-refractivity contribution in [2.24, 2.45) is 0 Å². The normalized spacial score (nSPS) is 14.5. The van der Waals surface area contributed by atoms with Gasteiger partial charge < -0.3 is 10.1 Å². The van der Waals surface area contributed by atoms with Crippen molar-refractivity contribution in [1.29, 1.82) is 0 Å². The number of ether oxygens (including phenoxy) is 1. The molecule has 0 spiro atoms. The van der Waals surface area contributed by atoms with Crippen LogP contribution in [0.5, 0.6) is 11.5 Å². The van der Waals surface area contributed by atoms with Gasteiger partial charge in [-0.1, -0.05) is 29.8 Å². The molecular weight excluding hydrogens is 563 g/mol. The SMILES string of the molecule is Cc1cc(C)c(NC(=O)CN2C(=O)S/C(=C/c3cccc(Oc4ccc(C(F)(F)F)cc4[N+](=O)[O-])c3)C2=O)c(C)c1. The first kappa shape index (κ1) is 29.3. The summed E-state index contributed by atoms with van der Waals surface area (Å²) >= 11 is 0.635. The second-order valence-electron chi connectivity index (χ2n) is 9.20. The van der Waals surface area contributed by atoms with E-state index < -0.39 is 51.7 Å². The number of anilines is 1. The molecule has 212 valence electrons. The molecule has 1 aliphatic heterocycles. The molecule has 41 heavy (non-hydrogen) atoms. The van der Waals surface area contributed by atoms with Crippen LogP contribution < -0.4 is 10.1 Å². The van der Waals surface area contributed by atoms with Crippen LogP contribution in [0.15, 0.2) is 59.5 Å². The zero-order valence-corrected chi connectivity index (χ0v) is 22.7. The zero-order chi connectivity index (χ0) is 30.1. The van der Waals surface area contributed by atoms with E-state index in [9.17, 15) is 37.7 Å². The topological polar surface area (TPSA) is 119 Å². The molecule has 4 rings (SSSR count). The maximum atomic E-state index is 13.0. The van der Waals surface area contributed by atoms with Gasteiger partial charge in [-0.05, 0) is 79.6 Å². The number of nitrogens with one attached hydrogen (secondary N) is 1. The number of carbonyl (C=O) groups is 3. The molecule has 0 aromatic heterocycles. The maximum absolute atomic E-state index is 13.0. The predicted molar refractivity (Wildman–Crippen MR) is 147 cm³/mol. The lowest BCUT2D eigenvalue weighted by atomic mass is 10.1. The number of nitro groups is 1. The molecule has 1 heterocycles. The summed E-state index contributed by atoms with van der Waals surface area (Å²) in [6, 6.07) is 11.6. The number of rotatable bonds is 7. The van der Waals surface area contributed by atoms with E-state index in [-0.39, 0.29) is 10.7 Å². The molecule has 0 atom stereocenters. The fourth-order valence-electron chi connectivity index (χ4n) is 4.20. The Morgan fingerprint density at radius 1 is 1.07 bits per heavy atom. The van der Waals surface area contributed by atoms with Crippen LogP contribution in [0.4, 0.5) is 29.3 Å². The summed E-state index contributed by atoms with van der Waals surface area (Å²) in [5, 5.41) is 13.5. The minimum absolute atomic E-state index is 0.0307. The lowest BCUT2D eigenvalue weighted by Crippen LogP contribution is -2.36. The number of nitrogens with zero attached hydrogens (tertiary/aromatic N) is 2. The molecule has 0 radical (unpaired) electrons. The van der Waals surface area contributed by atoms with Crippen molar-refractivity contribution < 1.29 is 37.2 Å². The van der Waals surface area contributed by atoms with Crippen molar-refractivity contribution in [3.05, 3.63) is 97.4 Å². The second kappa shape index (κ2) is 11.5. The van der Waals surface area contributed by atoms with Crippen LogP contribution in [0.3, 0.4) is 0 Å². The minimum Gasteiger partial charge on any atom is -0.450 e. The molecule has 1 fully saturated rings. The number of imide groups is 1. The third-order valence-corrected chi connectivity index (χ3v) is 6.89. The largest absolute Gasteiger partial charge is 0.450 e. The van der Waals surface area contributed by atoms with Crippen molar-refractivity contribution in [3.8, 4) is 11.5 Å². The Hall–Kier alpha value is -4.65. The van der Waals surface area contributed by atoms with Crippen LogP contribution in [0.1, 0.15) is 27.8 Å². The molecular formula is C28H22F3N3O6S. The third kappa shape index (κ3) is 6.74. The molecule has 9 nitrogen and oxygen atoms in total. The monoisotopic (exact) mass is 585 g/mol. The molecule has 13 heteroatoms. The molecule has 0 aliphatic carbocycles. The van der Waals surface area contributed by atoms with Gasteiger partial charge >= 0.3 is 11.9 Å². The molecule has 0 bridgehead atoms. The number of nitro benzene ring substituents is 1. The van der Waals surface area contributed by atoms with Gasteiger partial charge in [-0.25, -0.2) is 0 Å². The van der Waals surface area contributed by atoms with Crippen LogP contribution in [-0.2, 0) is 15.8 Å². The first-order chi connectivity index (χ1) is 19.2. The molecule has 3 aromatic carbocycles. The predicted octanol–water partition coefficient (Wildman–Crippen LogP) is 7.01. The van der Waals surface area contributed by atoms with Crippen LogP contribution in [-0.4, -0.2) is 33.4 Å². The number of hydrogen-bond donors (Lipinski definition) is 1. The molecule has 1 saturated heterocycles. The number of benzene rings is 3. The van der Waals surface area contributed by atoms with Crippen LogP contribution in [0.25, 0.3) is 6.08 Å². The zero-order valence-electron chi connectivity index (χ0n) is 21.9. The summed E-state index contributed by atoms with van der Waals surface area (Å²) in [5.41, 5.74) is 1.62. The molecule has 1 N–H and O–H groups in total. The van der Waals surface area contributed by atoms with Crippen molar-refractivity contribution >= 4 is 46.3 Å². The van der Waals surface area contributed by atoms with Gasteiger partial charge in [0.05, 0.1) is 15.4 Å². The molecule has 0 saturated carbocycles. The van der Waals surface area contributed by atoms with Crippen LogP contribution in [0.2, 0.25) is 0 Å². The Morgan fingerprint density at radius 2 is 1.76 bits per heavy atom. The van der Waals surface area contributed by atoms with E-state index in [1.165, 1.54) is 24.3 Å². The highest BCUT2D eigenvalue weighted by molar-refractivity contribution is 8.18. The number of amides is 3. The van der Waals surface area contributed by atoms with E-state index in [2.05, 4.69) is 5.32 Å². The smallest absolute Gasteiger partial charge is 0.416 e. The number of alkyl halides is 3. The lowest BCUT2D eigenvalue weighted by molar-refractivity contribution is -0.385. The van der Waals surface area contributed by atoms with Gasteiger partial charge in [0.15, 0.2) is 0 Å². The first-order valence-corrected chi connectivity index (χ1v) is 12.8. The van der Waals surface area contributed by atoms with Gasteiger partial charge in [-0.3, -0.25) is 29.4 Å². The number of hydrogen-bond acceptors (Lipinski definition) is 7. The fraction of sp³-hybridized carbons (Fsp3) is 0.179. The summed E-state index contributed by atoms with van der Waals surface area (Å²) in [6.07, 6.45) is -3.39. The Balaban J connectivity index is 1.50. The molecule has 0 unspecified atom stereocenters. The average Bonchev–Trinajstić information content (AvgIpc) is 3.13. The Kier molecular flexibility index (Phi) is 8.19. The minimum atomic E-state index is -4.77. The average molecular weight is 586 g/mol. The second-order valence-corrected chi connectivity index (χ2v) is 10.2. The Bertz CT molecular complexity index is 1600. The van der Waals surface area contributed by atoms with E-state index in [1.807, 2.05) is 32.9 Å².